The zero-order chi connectivity index (χ0) is 11.8. The van der Waals surface area contributed by atoms with Gasteiger partial charge in [-0.2, -0.15) is 0 Å². The lowest BCUT2D eigenvalue weighted by atomic mass is 9.93. The number of carbonyl (C=O) groups is 1. The molecule has 0 saturated heterocycles. The molecule has 0 aromatic heterocycles. The normalized spacial score (nSPS) is 27.4. The van der Waals surface area contributed by atoms with Crippen molar-refractivity contribution in [2.45, 2.75) is 32.2 Å². The maximum Gasteiger partial charge on any atom is 0.230 e. The first-order valence-electron chi connectivity index (χ1n) is 6.34. The van der Waals surface area contributed by atoms with Gasteiger partial charge in [0, 0.05) is 12.1 Å². The molecule has 0 saturated carbocycles. The Morgan fingerprint density at radius 2 is 2.12 bits per heavy atom. The van der Waals surface area contributed by atoms with Crippen LogP contribution in [0.25, 0.3) is 0 Å². The van der Waals surface area contributed by atoms with Crippen LogP contribution in [-0.2, 0) is 11.2 Å². The Morgan fingerprint density at radius 1 is 1.29 bits per heavy atom. The van der Waals surface area contributed by atoms with Gasteiger partial charge in [0.05, 0.1) is 6.04 Å². The van der Waals surface area contributed by atoms with Gasteiger partial charge in [0.2, 0.25) is 5.91 Å². The van der Waals surface area contributed by atoms with Crippen molar-refractivity contribution in [2.75, 3.05) is 0 Å². The van der Waals surface area contributed by atoms with Gasteiger partial charge in [0.15, 0.2) is 0 Å². The molecule has 1 unspecified atom stereocenters. The first-order valence-corrected chi connectivity index (χ1v) is 6.34. The molecule has 88 valence electrons. The van der Waals surface area contributed by atoms with E-state index in [4.69, 9.17) is 0 Å². The highest BCUT2D eigenvalue weighted by Crippen LogP contribution is 2.36. The van der Waals surface area contributed by atoms with Crippen LogP contribution in [0.1, 0.15) is 36.9 Å². The molecule has 0 N–H and O–H groups in total. The number of allylic oxidation sites excluding steroid dienone is 1. The number of nitrogens with zero attached hydrogens (tertiary/aromatic N) is 1. The van der Waals surface area contributed by atoms with Gasteiger partial charge in [-0.1, -0.05) is 37.3 Å². The summed E-state index contributed by atoms with van der Waals surface area (Å²) in [7, 11) is 0. The van der Waals surface area contributed by atoms with Crippen LogP contribution in [0.5, 0.6) is 0 Å². The number of hydrogen-bond donors (Lipinski definition) is 0. The highest BCUT2D eigenvalue weighted by molar-refractivity contribution is 5.81. The van der Waals surface area contributed by atoms with Gasteiger partial charge in [-0.05, 0) is 30.4 Å². The standard InChI is InChI=1S/C15H17NO/c1-11-10-12-6-2-3-7-13(12)14-8-4-5-9-16(14)15(11)17/h2-3,5-7,9,11,14H,4,8,10H2,1H3/t11-,14?/m0/s1. The predicted octanol–water partition coefficient (Wildman–Crippen LogP) is 3.06. The zero-order valence-corrected chi connectivity index (χ0v) is 10.1. The van der Waals surface area contributed by atoms with E-state index >= 15 is 0 Å². The van der Waals surface area contributed by atoms with Gasteiger partial charge in [0.25, 0.3) is 0 Å². The van der Waals surface area contributed by atoms with Crippen molar-refractivity contribution in [1.82, 2.24) is 4.90 Å². The van der Waals surface area contributed by atoms with Crippen molar-refractivity contribution in [2.24, 2.45) is 5.92 Å². The van der Waals surface area contributed by atoms with E-state index in [0.29, 0.717) is 0 Å². The Bertz CT molecular complexity index is 478. The number of benzene rings is 1. The fourth-order valence-corrected chi connectivity index (χ4v) is 2.93. The number of hydrogen-bond acceptors (Lipinski definition) is 1. The Hall–Kier alpha value is -1.57. The molecular formula is C15H17NO. The molecule has 2 heteroatoms. The Morgan fingerprint density at radius 3 is 3.00 bits per heavy atom. The molecular weight excluding hydrogens is 210 g/mol. The van der Waals surface area contributed by atoms with Gasteiger partial charge >= 0.3 is 0 Å². The summed E-state index contributed by atoms with van der Waals surface area (Å²) in [6, 6.07) is 8.76. The summed E-state index contributed by atoms with van der Waals surface area (Å²) >= 11 is 0. The molecule has 2 aliphatic heterocycles. The van der Waals surface area contributed by atoms with Crippen molar-refractivity contribution in [3.05, 3.63) is 47.7 Å². The molecule has 2 atom stereocenters. The van der Waals surface area contributed by atoms with Gasteiger partial charge in [0.1, 0.15) is 0 Å². The van der Waals surface area contributed by atoms with E-state index in [1.165, 1.54) is 11.1 Å². The molecule has 1 aromatic rings. The number of fused-ring (bicyclic) bond motifs is 3. The van der Waals surface area contributed by atoms with E-state index in [1.807, 2.05) is 18.0 Å². The molecule has 0 radical (unpaired) electrons. The van der Waals surface area contributed by atoms with Gasteiger partial charge < -0.3 is 4.90 Å². The summed E-state index contributed by atoms with van der Waals surface area (Å²) < 4.78 is 0. The second kappa shape index (κ2) is 4.02. The maximum absolute atomic E-state index is 12.3. The molecule has 0 aliphatic carbocycles. The molecule has 17 heavy (non-hydrogen) atoms. The summed E-state index contributed by atoms with van der Waals surface area (Å²) in [6.07, 6.45) is 7.07. The van der Waals surface area contributed by atoms with Crippen LogP contribution in [0.4, 0.5) is 0 Å². The molecule has 2 nitrogen and oxygen atoms in total. The van der Waals surface area contributed by atoms with Crippen LogP contribution >= 0.6 is 0 Å². The minimum Gasteiger partial charge on any atom is -0.312 e. The van der Waals surface area contributed by atoms with Crippen LogP contribution in [-0.4, -0.2) is 10.8 Å². The van der Waals surface area contributed by atoms with Crippen molar-refractivity contribution in [3.8, 4) is 0 Å². The van der Waals surface area contributed by atoms with Crippen molar-refractivity contribution in [1.29, 1.82) is 0 Å². The second-order valence-electron chi connectivity index (χ2n) is 5.03. The summed E-state index contributed by atoms with van der Waals surface area (Å²) in [6.45, 7) is 2.03. The number of amides is 1. The quantitative estimate of drug-likeness (QED) is 0.667. The molecule has 3 rings (SSSR count). The monoisotopic (exact) mass is 227 g/mol. The molecule has 0 fully saturated rings. The van der Waals surface area contributed by atoms with E-state index < -0.39 is 0 Å². The highest BCUT2D eigenvalue weighted by Gasteiger charge is 2.33. The van der Waals surface area contributed by atoms with E-state index in [2.05, 4.69) is 30.3 Å². The average Bonchev–Trinajstić information content (AvgIpc) is 2.48. The van der Waals surface area contributed by atoms with Crippen LogP contribution in [0, 0.1) is 5.92 Å². The van der Waals surface area contributed by atoms with Crippen LogP contribution in [0.2, 0.25) is 0 Å². The molecule has 2 aliphatic rings. The molecule has 1 aromatic carbocycles. The first-order chi connectivity index (χ1) is 8.27. The first kappa shape index (κ1) is 10.6. The molecule has 1 amide bonds. The van der Waals surface area contributed by atoms with Crippen molar-refractivity contribution >= 4 is 5.91 Å². The summed E-state index contributed by atoms with van der Waals surface area (Å²) in [5.41, 5.74) is 2.69. The van der Waals surface area contributed by atoms with E-state index in [0.717, 1.165) is 19.3 Å². The van der Waals surface area contributed by atoms with Gasteiger partial charge in [-0.25, -0.2) is 0 Å². The zero-order valence-electron chi connectivity index (χ0n) is 10.1. The molecule has 0 bridgehead atoms. The van der Waals surface area contributed by atoms with E-state index in [-0.39, 0.29) is 17.9 Å². The topological polar surface area (TPSA) is 20.3 Å². The minimum atomic E-state index is 0.0869. The summed E-state index contributed by atoms with van der Waals surface area (Å²) in [4.78, 5) is 14.3. The Labute approximate surface area is 102 Å². The smallest absolute Gasteiger partial charge is 0.230 e. The summed E-state index contributed by atoms with van der Waals surface area (Å²) in [5, 5.41) is 0. The summed E-state index contributed by atoms with van der Waals surface area (Å²) in [5.74, 6) is 0.353. The molecule has 0 spiro atoms. The number of rotatable bonds is 0. The van der Waals surface area contributed by atoms with Crippen LogP contribution in [0.15, 0.2) is 36.5 Å². The van der Waals surface area contributed by atoms with Gasteiger partial charge in [-0.3, -0.25) is 4.79 Å². The second-order valence-corrected chi connectivity index (χ2v) is 5.03. The third-order valence-corrected chi connectivity index (χ3v) is 3.82. The Balaban J connectivity index is 2.12. The van der Waals surface area contributed by atoms with Crippen LogP contribution in [0.3, 0.4) is 0 Å². The highest BCUT2D eigenvalue weighted by atomic mass is 16.2. The lowest BCUT2D eigenvalue weighted by molar-refractivity contribution is -0.134. The Kier molecular flexibility index (Phi) is 2.50. The van der Waals surface area contributed by atoms with E-state index in [1.54, 1.807) is 0 Å². The fraction of sp³-hybridized carbons (Fsp3) is 0.400. The van der Waals surface area contributed by atoms with Crippen molar-refractivity contribution < 1.29 is 4.79 Å². The van der Waals surface area contributed by atoms with Gasteiger partial charge in [-0.15, -0.1) is 0 Å². The number of carbonyl (C=O) groups excluding carboxylic acids is 1. The fourth-order valence-electron chi connectivity index (χ4n) is 2.93. The predicted molar refractivity (Wildman–Crippen MR) is 67.3 cm³/mol. The average molecular weight is 227 g/mol. The molecule has 2 heterocycles. The lowest BCUT2D eigenvalue weighted by Gasteiger charge is -2.31. The SMILES string of the molecule is C[C@H]1Cc2ccccc2C2CCC=CN2C1=O. The third-order valence-electron chi connectivity index (χ3n) is 3.82. The largest absolute Gasteiger partial charge is 0.312 e. The minimum absolute atomic E-state index is 0.0869. The maximum atomic E-state index is 12.3. The van der Waals surface area contributed by atoms with E-state index in [9.17, 15) is 4.79 Å². The third kappa shape index (κ3) is 1.68. The lowest BCUT2D eigenvalue weighted by Crippen LogP contribution is -2.34. The van der Waals surface area contributed by atoms with Crippen LogP contribution < -0.4 is 0 Å². The van der Waals surface area contributed by atoms with Crippen molar-refractivity contribution in [3.63, 3.8) is 0 Å².